The molecule has 0 aromatic heterocycles. The van der Waals surface area contributed by atoms with Crippen LogP contribution < -0.4 is 9.80 Å². The Morgan fingerprint density at radius 2 is 0.747 bits per heavy atom. The number of nitrogens with zero attached hydrogens (tertiary/aromatic N) is 2. The molecule has 0 radical (unpaired) electrons. The van der Waals surface area contributed by atoms with Gasteiger partial charge < -0.3 is 9.80 Å². The molecule has 0 saturated carbocycles. The molecule has 388 valence electrons. The van der Waals surface area contributed by atoms with Crippen LogP contribution in [-0.4, -0.2) is 0 Å². The summed E-state index contributed by atoms with van der Waals surface area (Å²) in [5.41, 5.74) is 27.5. The maximum absolute atomic E-state index is 2.51. The summed E-state index contributed by atoms with van der Waals surface area (Å²) < 4.78 is 0. The molecule has 4 aliphatic carbocycles. The van der Waals surface area contributed by atoms with Gasteiger partial charge in [0.05, 0.1) is 0 Å². The van der Waals surface area contributed by atoms with Gasteiger partial charge in [0, 0.05) is 50.4 Å². The maximum Gasteiger partial charge on any atom is 0.0465 e. The first-order valence-electron chi connectivity index (χ1n) is 29.0. The van der Waals surface area contributed by atoms with Crippen LogP contribution in [0.4, 0.5) is 34.1 Å². The molecule has 0 bridgehead atoms. The maximum atomic E-state index is 2.51. The summed E-state index contributed by atoms with van der Waals surface area (Å²) in [5.74, 6) is 0.434. The van der Waals surface area contributed by atoms with Gasteiger partial charge in [0.1, 0.15) is 0 Å². The van der Waals surface area contributed by atoms with Crippen molar-refractivity contribution < 1.29 is 0 Å². The summed E-state index contributed by atoms with van der Waals surface area (Å²) >= 11 is 0. The lowest BCUT2D eigenvalue weighted by molar-refractivity contribution is 0.315. The van der Waals surface area contributed by atoms with Crippen molar-refractivity contribution in [1.29, 1.82) is 0 Å². The van der Waals surface area contributed by atoms with Gasteiger partial charge in [-0.2, -0.15) is 0 Å². The highest BCUT2D eigenvalue weighted by Gasteiger charge is 2.48. The Morgan fingerprint density at radius 3 is 1.19 bits per heavy atom. The van der Waals surface area contributed by atoms with Gasteiger partial charge in [-0.25, -0.2) is 0 Å². The minimum absolute atomic E-state index is 0.0606. The molecule has 0 N–H and O–H groups in total. The quantitative estimate of drug-likeness (QED) is 0.100. The predicted molar refractivity (Wildman–Crippen MR) is 337 cm³/mol. The van der Waals surface area contributed by atoms with Gasteiger partial charge in [-0.05, 0) is 194 Å². The zero-order chi connectivity index (χ0) is 53.9. The molecule has 0 amide bonds. The van der Waals surface area contributed by atoms with Gasteiger partial charge in [0.2, 0.25) is 0 Å². The molecular formula is C77H70N2. The first kappa shape index (κ1) is 50.1. The van der Waals surface area contributed by atoms with E-state index in [4.69, 9.17) is 0 Å². The van der Waals surface area contributed by atoms with E-state index in [2.05, 4.69) is 300 Å². The number of anilines is 6. The highest BCUT2D eigenvalue weighted by atomic mass is 15.1. The number of para-hydroxylation sites is 4. The van der Waals surface area contributed by atoms with Gasteiger partial charge in [-0.1, -0.05) is 218 Å². The fourth-order valence-corrected chi connectivity index (χ4v) is 14.6. The van der Waals surface area contributed by atoms with Gasteiger partial charge in [-0.15, -0.1) is 0 Å². The Kier molecular flexibility index (Phi) is 12.7. The Labute approximate surface area is 469 Å². The van der Waals surface area contributed by atoms with Gasteiger partial charge in [0.15, 0.2) is 0 Å². The summed E-state index contributed by atoms with van der Waals surface area (Å²) in [7, 11) is 0. The lowest BCUT2D eigenvalue weighted by Gasteiger charge is -2.37. The van der Waals surface area contributed by atoms with Crippen LogP contribution in [0.25, 0.3) is 46.1 Å². The van der Waals surface area contributed by atoms with E-state index >= 15 is 0 Å². The van der Waals surface area contributed by atoms with Gasteiger partial charge in [-0.3, -0.25) is 0 Å². The normalized spacial score (nSPS) is 16.6. The number of hydrogen-bond donors (Lipinski definition) is 0. The third-order valence-corrected chi connectivity index (χ3v) is 18.9. The summed E-state index contributed by atoms with van der Waals surface area (Å²) in [6, 6.07) is 78.9. The van der Waals surface area contributed by atoms with Crippen molar-refractivity contribution in [2.75, 3.05) is 9.80 Å². The van der Waals surface area contributed by atoms with Crippen molar-refractivity contribution in [3.8, 4) is 22.3 Å². The summed E-state index contributed by atoms with van der Waals surface area (Å²) in [6.45, 7) is 14.4. The van der Waals surface area contributed by atoms with Crippen molar-refractivity contribution >= 4 is 57.9 Å². The molecule has 0 heterocycles. The first-order chi connectivity index (χ1) is 38.7. The van der Waals surface area contributed by atoms with E-state index in [0.29, 0.717) is 5.92 Å². The Balaban J connectivity index is 0.741. The van der Waals surface area contributed by atoms with Crippen molar-refractivity contribution in [1.82, 2.24) is 0 Å². The molecule has 2 nitrogen and oxygen atoms in total. The molecule has 1 unspecified atom stereocenters. The van der Waals surface area contributed by atoms with Gasteiger partial charge >= 0.3 is 0 Å². The van der Waals surface area contributed by atoms with E-state index in [1.54, 1.807) is 0 Å². The lowest BCUT2D eigenvalue weighted by atomic mass is 9.67. The van der Waals surface area contributed by atoms with E-state index in [9.17, 15) is 0 Å². The molecule has 9 aromatic rings. The molecule has 79 heavy (non-hydrogen) atoms. The number of rotatable bonds is 14. The third-order valence-electron chi connectivity index (χ3n) is 18.9. The number of benzene rings is 9. The molecule has 1 atom stereocenters. The zero-order valence-electron chi connectivity index (χ0n) is 46.7. The molecule has 0 fully saturated rings. The average Bonchev–Trinajstić information content (AvgIpc) is 4.26. The molecule has 9 aromatic carbocycles. The van der Waals surface area contributed by atoms with Crippen LogP contribution in [0.2, 0.25) is 0 Å². The molecule has 0 spiro atoms. The van der Waals surface area contributed by atoms with E-state index in [-0.39, 0.29) is 16.2 Å². The average molecular weight is 1020 g/mol. The van der Waals surface area contributed by atoms with Crippen LogP contribution in [0.1, 0.15) is 124 Å². The standard InChI is InChI=1S/C77H70N2/c1-7-76(8-2)71-49-55(37-43-65(71)67-45-39-61(51-73(67)76)78(57-23-15-11-16-24-57)58-25-17-12-18-26-58)33-31-53-35-41-63-64-42-36-54(48-70(64)75(5,6)69(63)47-53)32-34-56-38-44-66-68-46-40-62(52-74(68)77(9-3,10-4)72(66)50-56)79(59-27-19-13-20-28-59)60-29-21-14-22-30-60/h11-49,51-52,72H,7-10,50H2,1-6H3/b33-31+,34-32+. The van der Waals surface area contributed by atoms with Crippen LogP contribution in [0.15, 0.2) is 236 Å². The van der Waals surface area contributed by atoms with Crippen LogP contribution in [0, 0.1) is 5.92 Å². The Morgan fingerprint density at radius 1 is 0.367 bits per heavy atom. The minimum Gasteiger partial charge on any atom is -0.310 e. The Bertz CT molecular complexity index is 3800. The van der Waals surface area contributed by atoms with Crippen molar-refractivity contribution in [2.45, 2.75) is 89.9 Å². The second-order valence-corrected chi connectivity index (χ2v) is 23.0. The second kappa shape index (κ2) is 20.1. The smallest absolute Gasteiger partial charge is 0.0465 e. The fourth-order valence-electron chi connectivity index (χ4n) is 14.6. The van der Waals surface area contributed by atoms with Crippen LogP contribution >= 0.6 is 0 Å². The summed E-state index contributed by atoms with van der Waals surface area (Å²) in [5, 5.41) is 0. The monoisotopic (exact) mass is 1020 g/mol. The van der Waals surface area contributed by atoms with Gasteiger partial charge in [0.25, 0.3) is 0 Å². The topological polar surface area (TPSA) is 6.48 Å². The zero-order valence-corrected chi connectivity index (χ0v) is 46.7. The first-order valence-corrected chi connectivity index (χ1v) is 29.0. The largest absolute Gasteiger partial charge is 0.310 e. The molecule has 0 aliphatic heterocycles. The van der Waals surface area contributed by atoms with Crippen molar-refractivity contribution in [3.05, 3.63) is 286 Å². The lowest BCUT2D eigenvalue weighted by Crippen LogP contribution is -2.31. The van der Waals surface area contributed by atoms with E-state index in [1.807, 2.05) is 0 Å². The number of fused-ring (bicyclic) bond motifs is 9. The van der Waals surface area contributed by atoms with E-state index in [1.165, 1.54) is 106 Å². The van der Waals surface area contributed by atoms with Crippen LogP contribution in [0.3, 0.4) is 0 Å². The number of allylic oxidation sites excluding steroid dienone is 5. The van der Waals surface area contributed by atoms with Crippen molar-refractivity contribution in [3.63, 3.8) is 0 Å². The Hall–Kier alpha value is -8.46. The minimum atomic E-state index is -0.135. The summed E-state index contributed by atoms with van der Waals surface area (Å²) in [6.07, 6.45) is 19.5. The van der Waals surface area contributed by atoms with Crippen molar-refractivity contribution in [2.24, 2.45) is 5.92 Å². The third kappa shape index (κ3) is 8.30. The molecular weight excluding hydrogens is 953 g/mol. The number of hydrogen-bond acceptors (Lipinski definition) is 2. The molecule has 0 saturated heterocycles. The highest BCUT2D eigenvalue weighted by Crippen LogP contribution is 2.59. The van der Waals surface area contributed by atoms with E-state index in [0.717, 1.165) is 43.5 Å². The SMILES string of the molecule is CCC1(CC)c2cc(/C=C/c3ccc4c(c3)C(C)(C)c3cc(/C=C/C5=CC=C6c7ccc(N(c8ccccc8)c8ccccc8)cc7C(CC)(CC)C6C5)ccc3-4)ccc2-c2ccc(N(c3ccccc3)c3ccccc3)cc21. The van der Waals surface area contributed by atoms with Crippen LogP contribution in [-0.2, 0) is 16.2 Å². The molecule has 13 rings (SSSR count). The van der Waals surface area contributed by atoms with E-state index < -0.39 is 0 Å². The predicted octanol–water partition coefficient (Wildman–Crippen LogP) is 21.3. The van der Waals surface area contributed by atoms with Crippen LogP contribution in [0.5, 0.6) is 0 Å². The molecule has 2 heteroatoms. The highest BCUT2D eigenvalue weighted by molar-refractivity contribution is 5.89. The fraction of sp³-hybridized carbons (Fsp3) is 0.195. The summed E-state index contributed by atoms with van der Waals surface area (Å²) in [4.78, 5) is 4.80. The second-order valence-electron chi connectivity index (χ2n) is 23.0. The molecule has 4 aliphatic rings.